The van der Waals surface area contributed by atoms with Crippen molar-refractivity contribution in [2.24, 2.45) is 5.92 Å². The number of hydrogen-bond donors (Lipinski definition) is 1. The number of piperidine rings is 1. The fourth-order valence-electron chi connectivity index (χ4n) is 5.79. The van der Waals surface area contributed by atoms with Crippen molar-refractivity contribution in [1.29, 1.82) is 0 Å². The highest BCUT2D eigenvalue weighted by Gasteiger charge is 2.46. The molecular formula is C31H32FN3O5. The first-order valence-corrected chi connectivity index (χ1v) is 13.7. The number of ether oxygens (including phenoxy) is 3. The number of likely N-dealkylation sites (tertiary alicyclic amines) is 1. The number of benzene rings is 3. The van der Waals surface area contributed by atoms with Gasteiger partial charge in [-0.3, -0.25) is 9.36 Å². The predicted molar refractivity (Wildman–Crippen MR) is 149 cm³/mol. The van der Waals surface area contributed by atoms with Gasteiger partial charge in [-0.2, -0.15) is 0 Å². The lowest BCUT2D eigenvalue weighted by atomic mass is 9.84. The van der Waals surface area contributed by atoms with Crippen molar-refractivity contribution in [3.63, 3.8) is 0 Å². The van der Waals surface area contributed by atoms with Crippen LogP contribution in [0.15, 0.2) is 82.4 Å². The lowest BCUT2D eigenvalue weighted by Gasteiger charge is -2.41. The minimum atomic E-state index is -0.855. The lowest BCUT2D eigenvalue weighted by molar-refractivity contribution is -0.214. The van der Waals surface area contributed by atoms with Crippen molar-refractivity contribution in [3.05, 3.63) is 111 Å². The highest BCUT2D eigenvalue weighted by molar-refractivity contribution is 5.78. The monoisotopic (exact) mass is 545 g/mol. The fourth-order valence-corrected chi connectivity index (χ4v) is 5.79. The topological polar surface area (TPSA) is 85.8 Å². The van der Waals surface area contributed by atoms with Crippen LogP contribution in [-0.2, 0) is 28.4 Å². The maximum atomic E-state index is 13.5. The van der Waals surface area contributed by atoms with Crippen molar-refractivity contribution < 1.29 is 18.6 Å². The summed E-state index contributed by atoms with van der Waals surface area (Å²) in [4.78, 5) is 31.2. The molecule has 2 aliphatic heterocycles. The molecule has 2 saturated heterocycles. The third-order valence-electron chi connectivity index (χ3n) is 7.93. The van der Waals surface area contributed by atoms with E-state index in [1.807, 2.05) is 30.3 Å². The van der Waals surface area contributed by atoms with Crippen LogP contribution in [0.2, 0.25) is 0 Å². The zero-order chi connectivity index (χ0) is 27.5. The van der Waals surface area contributed by atoms with Crippen molar-refractivity contribution in [1.82, 2.24) is 14.5 Å². The largest absolute Gasteiger partial charge is 0.489 e. The maximum Gasteiger partial charge on any atom is 0.328 e. The van der Waals surface area contributed by atoms with Gasteiger partial charge in [0.25, 0.3) is 5.56 Å². The van der Waals surface area contributed by atoms with Crippen LogP contribution in [0.4, 0.5) is 4.39 Å². The van der Waals surface area contributed by atoms with Crippen molar-refractivity contribution >= 4 is 10.9 Å². The maximum absolute atomic E-state index is 13.5. The number of rotatable bonds is 8. The summed E-state index contributed by atoms with van der Waals surface area (Å²) in [6, 6.07) is 21.3. The quantitative estimate of drug-likeness (QED) is 0.360. The van der Waals surface area contributed by atoms with E-state index in [4.69, 9.17) is 14.2 Å². The van der Waals surface area contributed by atoms with Gasteiger partial charge in [0.05, 0.1) is 24.1 Å². The molecule has 0 unspecified atom stereocenters. The highest BCUT2D eigenvalue weighted by Crippen LogP contribution is 2.43. The van der Waals surface area contributed by atoms with Crippen molar-refractivity contribution in [2.75, 3.05) is 32.8 Å². The average molecular weight is 546 g/mol. The van der Waals surface area contributed by atoms with Gasteiger partial charge in [0.15, 0.2) is 5.79 Å². The Morgan fingerprint density at radius 2 is 1.65 bits per heavy atom. The summed E-state index contributed by atoms with van der Waals surface area (Å²) >= 11 is 0. The lowest BCUT2D eigenvalue weighted by Crippen LogP contribution is -2.46. The summed E-state index contributed by atoms with van der Waals surface area (Å²) in [5.74, 6) is -0.452. The first-order valence-electron chi connectivity index (χ1n) is 13.7. The number of aromatic amines is 1. The summed E-state index contributed by atoms with van der Waals surface area (Å²) < 4.78 is 32.9. The Balaban J connectivity index is 1.12. The third-order valence-corrected chi connectivity index (χ3v) is 7.93. The normalized spacial score (nSPS) is 17.8. The third kappa shape index (κ3) is 5.32. The average Bonchev–Trinajstić information content (AvgIpc) is 3.49. The van der Waals surface area contributed by atoms with Crippen LogP contribution in [0, 0.1) is 11.7 Å². The van der Waals surface area contributed by atoms with Gasteiger partial charge in [0.1, 0.15) is 18.2 Å². The Morgan fingerprint density at radius 1 is 0.925 bits per heavy atom. The molecule has 0 atom stereocenters. The van der Waals surface area contributed by atoms with E-state index in [9.17, 15) is 14.0 Å². The smallest absolute Gasteiger partial charge is 0.328 e. The van der Waals surface area contributed by atoms with Gasteiger partial charge >= 0.3 is 5.69 Å². The van der Waals surface area contributed by atoms with Crippen LogP contribution in [0.25, 0.3) is 10.9 Å². The summed E-state index contributed by atoms with van der Waals surface area (Å²) in [6.07, 6.45) is 1.64. The standard InChI is InChI=1S/C31H32FN3O5/c32-25-8-6-23(7-9-25)31(39-18-19-40-31)24-12-14-34(15-13-24)16-17-35-29(36)27-20-26(10-11-28(27)33-30(35)37)38-21-22-4-2-1-3-5-22/h1-11,20,24H,12-19,21H2,(H,33,37). The Bertz CT molecular complexity index is 1570. The minimum absolute atomic E-state index is 0.123. The molecule has 3 aromatic carbocycles. The first-order chi connectivity index (χ1) is 19.5. The first kappa shape index (κ1) is 26.4. The second-order valence-electron chi connectivity index (χ2n) is 10.4. The van der Waals surface area contributed by atoms with E-state index in [-0.39, 0.29) is 23.8 Å². The number of halogens is 1. The van der Waals surface area contributed by atoms with E-state index in [2.05, 4.69) is 9.88 Å². The predicted octanol–water partition coefficient (Wildman–Crippen LogP) is 4.02. The molecule has 0 spiro atoms. The SMILES string of the molecule is O=c1[nH]c2ccc(OCc3ccccc3)cc2c(=O)n1CCN1CCC(C2(c3ccc(F)cc3)OCCO2)CC1. The molecule has 208 valence electrons. The van der Waals surface area contributed by atoms with Gasteiger partial charge in [-0.1, -0.05) is 42.5 Å². The minimum Gasteiger partial charge on any atom is -0.489 e. The molecule has 0 aliphatic carbocycles. The molecule has 0 radical (unpaired) electrons. The summed E-state index contributed by atoms with van der Waals surface area (Å²) in [5, 5.41) is 0.417. The summed E-state index contributed by atoms with van der Waals surface area (Å²) in [5.41, 5.74) is 1.60. The van der Waals surface area contributed by atoms with Crippen LogP contribution in [0.3, 0.4) is 0 Å². The van der Waals surface area contributed by atoms with Gasteiger partial charge in [-0.15, -0.1) is 0 Å². The summed E-state index contributed by atoms with van der Waals surface area (Å²) in [6.45, 7) is 3.79. The Hall–Kier alpha value is -3.79. The molecular weight excluding hydrogens is 513 g/mol. The molecule has 8 nitrogen and oxygen atoms in total. The van der Waals surface area contributed by atoms with Gasteiger partial charge in [-0.25, -0.2) is 9.18 Å². The molecule has 1 N–H and O–H groups in total. The molecule has 1 aromatic heterocycles. The molecule has 40 heavy (non-hydrogen) atoms. The molecule has 3 heterocycles. The van der Waals surface area contributed by atoms with Crippen LogP contribution < -0.4 is 16.0 Å². The van der Waals surface area contributed by atoms with E-state index in [1.54, 1.807) is 30.3 Å². The van der Waals surface area contributed by atoms with E-state index in [0.717, 1.165) is 37.1 Å². The van der Waals surface area contributed by atoms with Crippen molar-refractivity contribution in [3.8, 4) is 5.75 Å². The molecule has 4 aromatic rings. The van der Waals surface area contributed by atoms with Crippen LogP contribution in [-0.4, -0.2) is 47.3 Å². The molecule has 0 saturated carbocycles. The van der Waals surface area contributed by atoms with E-state index in [1.165, 1.54) is 16.7 Å². The van der Waals surface area contributed by atoms with Crippen LogP contribution >= 0.6 is 0 Å². The molecule has 2 fully saturated rings. The molecule has 9 heteroatoms. The van der Waals surface area contributed by atoms with E-state index >= 15 is 0 Å². The summed E-state index contributed by atoms with van der Waals surface area (Å²) in [7, 11) is 0. The van der Waals surface area contributed by atoms with Crippen molar-refractivity contribution in [2.45, 2.75) is 31.8 Å². The number of nitrogens with one attached hydrogen (secondary N) is 1. The molecule has 0 amide bonds. The molecule has 2 aliphatic rings. The number of H-pyrrole nitrogens is 1. The number of aromatic nitrogens is 2. The van der Waals surface area contributed by atoms with E-state index < -0.39 is 11.5 Å². The Labute approximate surface area is 230 Å². The second kappa shape index (κ2) is 11.4. The van der Waals surface area contributed by atoms with Gasteiger partial charge in [-0.05, 0) is 61.8 Å². The number of nitrogens with zero attached hydrogens (tertiary/aromatic N) is 2. The highest BCUT2D eigenvalue weighted by atomic mass is 19.1. The van der Waals surface area contributed by atoms with E-state index in [0.29, 0.717) is 43.0 Å². The molecule has 6 rings (SSSR count). The van der Waals surface area contributed by atoms with Gasteiger partial charge in [0, 0.05) is 24.6 Å². The van der Waals surface area contributed by atoms with Crippen LogP contribution in [0.1, 0.15) is 24.0 Å². The fraction of sp³-hybridized carbons (Fsp3) is 0.355. The second-order valence-corrected chi connectivity index (χ2v) is 10.4. The van der Waals surface area contributed by atoms with Gasteiger partial charge in [0.2, 0.25) is 0 Å². The number of hydrogen-bond acceptors (Lipinski definition) is 6. The Kier molecular flexibility index (Phi) is 7.51. The van der Waals surface area contributed by atoms with Crippen LogP contribution in [0.5, 0.6) is 5.75 Å². The zero-order valence-corrected chi connectivity index (χ0v) is 22.2. The molecule has 0 bridgehead atoms. The Morgan fingerprint density at radius 3 is 2.38 bits per heavy atom. The zero-order valence-electron chi connectivity index (χ0n) is 22.2. The van der Waals surface area contributed by atoms with Gasteiger partial charge < -0.3 is 24.1 Å². The number of fused-ring (bicyclic) bond motifs is 1.